The van der Waals surface area contributed by atoms with E-state index < -0.39 is 5.97 Å². The van der Waals surface area contributed by atoms with Gasteiger partial charge in [-0.05, 0) is 84.4 Å². The normalized spacial score (nSPS) is 14.4. The van der Waals surface area contributed by atoms with Gasteiger partial charge in [-0.25, -0.2) is 4.79 Å². The van der Waals surface area contributed by atoms with Gasteiger partial charge in [-0.1, -0.05) is 23.2 Å². The van der Waals surface area contributed by atoms with Gasteiger partial charge >= 0.3 is 5.97 Å². The van der Waals surface area contributed by atoms with Crippen LogP contribution in [-0.2, 0) is 11.2 Å². The van der Waals surface area contributed by atoms with Crippen molar-refractivity contribution in [2.75, 3.05) is 39.8 Å². The number of esters is 1. The summed E-state index contributed by atoms with van der Waals surface area (Å²) in [6, 6.07) is 15.8. The van der Waals surface area contributed by atoms with Crippen LogP contribution < -0.4 is 19.5 Å². The maximum Gasteiger partial charge on any atom is 0.337 e. The van der Waals surface area contributed by atoms with Crippen molar-refractivity contribution in [2.24, 2.45) is 0 Å². The number of nitrogens with one attached hydrogen (secondary N) is 1. The van der Waals surface area contributed by atoms with Crippen LogP contribution in [0.15, 0.2) is 54.6 Å². The van der Waals surface area contributed by atoms with E-state index in [2.05, 4.69) is 10.2 Å². The van der Waals surface area contributed by atoms with Gasteiger partial charge in [0, 0.05) is 12.2 Å². The first-order valence-corrected chi connectivity index (χ1v) is 12.6. The molecule has 1 N–H and O–H groups in total. The number of halogens is 2. The largest absolute Gasteiger partial charge is 0.493 e. The van der Waals surface area contributed by atoms with Crippen LogP contribution in [0.2, 0.25) is 10.0 Å². The van der Waals surface area contributed by atoms with Crippen molar-refractivity contribution in [3.63, 3.8) is 0 Å². The number of ether oxygens (including phenoxy) is 4. The van der Waals surface area contributed by atoms with E-state index >= 15 is 0 Å². The van der Waals surface area contributed by atoms with Gasteiger partial charge in [0.25, 0.3) is 0 Å². The van der Waals surface area contributed by atoms with Crippen molar-refractivity contribution in [2.45, 2.75) is 12.5 Å². The first-order valence-electron chi connectivity index (χ1n) is 11.4. The Hall–Kier alpha value is -3.20. The van der Waals surface area contributed by atoms with Crippen LogP contribution in [0.1, 0.15) is 27.5 Å². The number of thiocarbonyl (C=S) groups is 1. The van der Waals surface area contributed by atoms with Crippen LogP contribution in [0, 0.1) is 0 Å². The van der Waals surface area contributed by atoms with Gasteiger partial charge in [0.1, 0.15) is 12.4 Å². The third-order valence-corrected chi connectivity index (χ3v) is 7.19. The van der Waals surface area contributed by atoms with Gasteiger partial charge in [-0.2, -0.15) is 0 Å². The number of rotatable bonds is 7. The molecule has 0 amide bonds. The van der Waals surface area contributed by atoms with Gasteiger partial charge in [0.15, 0.2) is 16.6 Å². The molecule has 0 spiro atoms. The summed E-state index contributed by atoms with van der Waals surface area (Å²) in [6.07, 6.45) is 0.753. The number of nitrogens with zero attached hydrogens (tertiary/aromatic N) is 1. The molecule has 3 aromatic rings. The Labute approximate surface area is 231 Å². The molecule has 7 nitrogen and oxygen atoms in total. The maximum absolute atomic E-state index is 11.8. The van der Waals surface area contributed by atoms with Crippen LogP contribution in [0.3, 0.4) is 0 Å². The molecule has 0 radical (unpaired) electrons. The fraction of sp³-hybridized carbons (Fsp3) is 0.259. The van der Waals surface area contributed by atoms with E-state index in [0.717, 1.165) is 23.2 Å². The molecular weight excluding hydrogens is 535 g/mol. The zero-order valence-electron chi connectivity index (χ0n) is 20.5. The van der Waals surface area contributed by atoms with Crippen molar-refractivity contribution in [3.8, 4) is 17.2 Å². The molecule has 1 aliphatic heterocycles. The highest BCUT2D eigenvalue weighted by molar-refractivity contribution is 7.80. The SMILES string of the molecule is COC(=O)c1ccc(OC[C@@H]2c3cc(OC)c(OC)cc3CCN2C(=S)Nc2ccc(Cl)c(Cl)c2)cc1. The van der Waals surface area contributed by atoms with E-state index in [1.165, 1.54) is 7.11 Å². The van der Waals surface area contributed by atoms with Gasteiger partial charge < -0.3 is 29.2 Å². The Morgan fingerprint density at radius 2 is 1.70 bits per heavy atom. The molecule has 1 heterocycles. The van der Waals surface area contributed by atoms with Crippen molar-refractivity contribution in [3.05, 3.63) is 81.3 Å². The van der Waals surface area contributed by atoms with Gasteiger partial charge in [0.2, 0.25) is 0 Å². The lowest BCUT2D eigenvalue weighted by Gasteiger charge is -2.39. The minimum Gasteiger partial charge on any atom is -0.493 e. The Balaban J connectivity index is 1.62. The average Bonchev–Trinajstić information content (AvgIpc) is 2.92. The van der Waals surface area contributed by atoms with Crippen molar-refractivity contribution >= 4 is 52.2 Å². The third-order valence-electron chi connectivity index (χ3n) is 6.12. The highest BCUT2D eigenvalue weighted by atomic mass is 35.5. The second-order valence-corrected chi connectivity index (χ2v) is 9.45. The van der Waals surface area contributed by atoms with E-state index in [4.69, 9.17) is 54.4 Å². The quantitative estimate of drug-likeness (QED) is 0.271. The highest BCUT2D eigenvalue weighted by Crippen LogP contribution is 2.39. The molecule has 1 atom stereocenters. The maximum atomic E-state index is 11.8. The van der Waals surface area contributed by atoms with Crippen LogP contribution >= 0.6 is 35.4 Å². The Morgan fingerprint density at radius 1 is 1.00 bits per heavy atom. The fourth-order valence-corrected chi connectivity index (χ4v) is 4.83. The van der Waals surface area contributed by atoms with E-state index in [0.29, 0.717) is 51.1 Å². The molecule has 10 heteroatoms. The van der Waals surface area contributed by atoms with Crippen LogP contribution in [-0.4, -0.2) is 50.5 Å². The minimum absolute atomic E-state index is 0.230. The molecule has 0 aromatic heterocycles. The minimum atomic E-state index is -0.404. The number of hydrogen-bond acceptors (Lipinski definition) is 6. The molecular formula is C27H26Cl2N2O5S. The van der Waals surface area contributed by atoms with Crippen molar-refractivity contribution < 1.29 is 23.7 Å². The van der Waals surface area contributed by atoms with Gasteiger partial charge in [-0.3, -0.25) is 0 Å². The molecule has 0 unspecified atom stereocenters. The predicted molar refractivity (Wildman–Crippen MR) is 149 cm³/mol. The summed E-state index contributed by atoms with van der Waals surface area (Å²) in [4.78, 5) is 13.8. The molecule has 0 bridgehead atoms. The second-order valence-electron chi connectivity index (χ2n) is 8.25. The summed E-state index contributed by atoms with van der Waals surface area (Å²) >= 11 is 18.1. The predicted octanol–water partition coefficient (Wildman–Crippen LogP) is 6.17. The van der Waals surface area contributed by atoms with Crippen molar-refractivity contribution in [1.29, 1.82) is 0 Å². The first kappa shape index (κ1) is 26.9. The summed E-state index contributed by atoms with van der Waals surface area (Å²) < 4.78 is 22.0. The van der Waals surface area contributed by atoms with E-state index in [1.54, 1.807) is 50.6 Å². The zero-order chi connectivity index (χ0) is 26.5. The number of anilines is 1. The molecule has 1 aliphatic rings. The topological polar surface area (TPSA) is 69.3 Å². The lowest BCUT2D eigenvalue weighted by molar-refractivity contribution is 0.0600. The summed E-state index contributed by atoms with van der Waals surface area (Å²) in [6.45, 7) is 0.953. The Kier molecular flexibility index (Phi) is 8.63. The molecule has 37 heavy (non-hydrogen) atoms. The molecule has 0 aliphatic carbocycles. The molecule has 0 saturated carbocycles. The number of benzene rings is 3. The van der Waals surface area contributed by atoms with Gasteiger partial charge in [-0.15, -0.1) is 0 Å². The fourth-order valence-electron chi connectivity index (χ4n) is 4.20. The first-order chi connectivity index (χ1) is 17.8. The Morgan fingerprint density at radius 3 is 2.35 bits per heavy atom. The lowest BCUT2D eigenvalue weighted by atomic mass is 9.92. The summed E-state index contributed by atoms with van der Waals surface area (Å²) in [7, 11) is 4.57. The average molecular weight is 561 g/mol. The van der Waals surface area contributed by atoms with Crippen LogP contribution in [0.5, 0.6) is 17.2 Å². The highest BCUT2D eigenvalue weighted by Gasteiger charge is 2.31. The lowest BCUT2D eigenvalue weighted by Crippen LogP contribution is -2.44. The second kappa shape index (κ2) is 11.9. The van der Waals surface area contributed by atoms with Crippen molar-refractivity contribution in [1.82, 2.24) is 4.90 Å². The van der Waals surface area contributed by atoms with Crippen LogP contribution in [0.25, 0.3) is 0 Å². The zero-order valence-corrected chi connectivity index (χ0v) is 22.9. The number of carbonyl (C=O) groups excluding carboxylic acids is 1. The number of hydrogen-bond donors (Lipinski definition) is 1. The van der Waals surface area contributed by atoms with E-state index in [-0.39, 0.29) is 6.04 Å². The smallest absolute Gasteiger partial charge is 0.337 e. The van der Waals surface area contributed by atoms with E-state index in [9.17, 15) is 4.79 Å². The molecule has 3 aromatic carbocycles. The number of fused-ring (bicyclic) bond motifs is 1. The standard InChI is InChI=1S/C27H26Cl2N2O5S/c1-33-24-12-17-10-11-31(27(37)30-18-6-9-21(28)22(29)13-18)23(20(17)14-25(24)34-2)15-36-19-7-4-16(5-8-19)26(32)35-3/h4-9,12-14,23H,10-11,15H2,1-3H3,(H,30,37)/t23-/m1/s1. The molecule has 194 valence electrons. The third kappa shape index (κ3) is 6.04. The monoisotopic (exact) mass is 560 g/mol. The molecule has 0 fully saturated rings. The van der Waals surface area contributed by atoms with Gasteiger partial charge in [0.05, 0.1) is 43.0 Å². The molecule has 0 saturated heterocycles. The number of carbonyl (C=O) groups is 1. The van der Waals surface area contributed by atoms with Crippen LogP contribution in [0.4, 0.5) is 5.69 Å². The summed E-state index contributed by atoms with van der Waals surface area (Å²) in [5.41, 5.74) is 3.33. The summed E-state index contributed by atoms with van der Waals surface area (Å²) in [5, 5.41) is 4.69. The summed E-state index contributed by atoms with van der Waals surface area (Å²) in [5.74, 6) is 1.51. The number of methoxy groups -OCH3 is 3. The Bertz CT molecular complexity index is 1300. The molecule has 4 rings (SSSR count). The van der Waals surface area contributed by atoms with E-state index in [1.807, 2.05) is 18.2 Å².